The summed E-state index contributed by atoms with van der Waals surface area (Å²) in [7, 11) is 0. The maximum absolute atomic E-state index is 11.2. The lowest BCUT2D eigenvalue weighted by atomic mass is 10.1. The molecule has 1 aromatic rings. The summed E-state index contributed by atoms with van der Waals surface area (Å²) in [6, 6.07) is 9.33. The maximum atomic E-state index is 11.2. The van der Waals surface area contributed by atoms with Crippen molar-refractivity contribution in [2.24, 2.45) is 4.99 Å². The lowest BCUT2D eigenvalue weighted by Gasteiger charge is -1.96. The molecule has 0 amide bonds. The highest BCUT2D eigenvalue weighted by atomic mass is 16.6. The third kappa shape index (κ3) is 1.45. The Balaban J connectivity index is 2.37. The van der Waals surface area contributed by atoms with Gasteiger partial charge in [-0.1, -0.05) is 30.3 Å². The monoisotopic (exact) mass is 175 g/mol. The first-order chi connectivity index (χ1) is 6.27. The number of nitrogens with zero attached hydrogens (tertiary/aromatic N) is 1. The molecule has 1 atom stereocenters. The molecule has 1 aliphatic heterocycles. The molecule has 0 spiro atoms. The number of hydrogen-bond donors (Lipinski definition) is 0. The molecule has 0 N–H and O–H groups in total. The molecule has 3 nitrogen and oxygen atoms in total. The summed E-state index contributed by atoms with van der Waals surface area (Å²) in [5.74, 6) is -0.335. The van der Waals surface area contributed by atoms with Crippen LogP contribution in [0.1, 0.15) is 12.5 Å². The van der Waals surface area contributed by atoms with Crippen molar-refractivity contribution in [2.45, 2.75) is 13.2 Å². The van der Waals surface area contributed by atoms with Crippen LogP contribution >= 0.6 is 0 Å². The van der Waals surface area contributed by atoms with Crippen molar-refractivity contribution in [2.75, 3.05) is 0 Å². The highest BCUT2D eigenvalue weighted by Gasteiger charge is 2.24. The van der Waals surface area contributed by atoms with Crippen LogP contribution in [-0.2, 0) is 9.53 Å². The summed E-state index contributed by atoms with van der Waals surface area (Å²) >= 11 is 0. The van der Waals surface area contributed by atoms with Crippen molar-refractivity contribution in [1.29, 1.82) is 0 Å². The Morgan fingerprint density at radius 2 is 2.00 bits per heavy atom. The van der Waals surface area contributed by atoms with Crippen LogP contribution in [0.25, 0.3) is 0 Å². The van der Waals surface area contributed by atoms with Gasteiger partial charge in [0.2, 0.25) is 0 Å². The Morgan fingerprint density at radius 3 is 2.54 bits per heavy atom. The Labute approximate surface area is 76.1 Å². The number of hydrogen-bond acceptors (Lipinski definition) is 3. The standard InChI is InChI=1S/C10H9NO2/c1-7-11-9(10(12)13-7)8-5-3-2-4-6-8/h2-7H,1H3. The normalized spacial score (nSPS) is 21.2. The molecule has 0 saturated carbocycles. The minimum Gasteiger partial charge on any atom is -0.435 e. The summed E-state index contributed by atoms with van der Waals surface area (Å²) in [6.07, 6.45) is -0.345. The second-order valence-electron chi connectivity index (χ2n) is 2.85. The smallest absolute Gasteiger partial charge is 0.359 e. The zero-order valence-electron chi connectivity index (χ0n) is 7.23. The lowest BCUT2D eigenvalue weighted by Crippen LogP contribution is -2.11. The molecule has 1 aromatic carbocycles. The number of cyclic esters (lactones) is 1. The predicted octanol–water partition coefficient (Wildman–Crippen LogP) is 1.38. The molecule has 0 aliphatic carbocycles. The van der Waals surface area contributed by atoms with Crippen molar-refractivity contribution < 1.29 is 9.53 Å². The quantitative estimate of drug-likeness (QED) is 0.605. The van der Waals surface area contributed by atoms with E-state index in [0.717, 1.165) is 5.56 Å². The Kier molecular flexibility index (Phi) is 1.85. The minimum absolute atomic E-state index is 0.335. The van der Waals surface area contributed by atoms with Gasteiger partial charge in [-0.3, -0.25) is 0 Å². The van der Waals surface area contributed by atoms with Crippen LogP contribution in [0.3, 0.4) is 0 Å². The molecule has 13 heavy (non-hydrogen) atoms. The van der Waals surface area contributed by atoms with Gasteiger partial charge in [-0.15, -0.1) is 0 Å². The number of ether oxygens (including phenoxy) is 1. The Morgan fingerprint density at radius 1 is 1.31 bits per heavy atom. The minimum atomic E-state index is -0.345. The van der Waals surface area contributed by atoms with E-state index in [4.69, 9.17) is 4.74 Å². The first kappa shape index (κ1) is 7.98. The number of carbonyl (C=O) groups is 1. The highest BCUT2D eigenvalue weighted by Crippen LogP contribution is 2.12. The zero-order valence-corrected chi connectivity index (χ0v) is 7.23. The van der Waals surface area contributed by atoms with E-state index < -0.39 is 0 Å². The van der Waals surface area contributed by atoms with Gasteiger partial charge >= 0.3 is 5.97 Å². The van der Waals surface area contributed by atoms with Gasteiger partial charge in [0, 0.05) is 5.56 Å². The fourth-order valence-corrected chi connectivity index (χ4v) is 1.26. The summed E-state index contributed by atoms with van der Waals surface area (Å²) in [5, 5.41) is 0. The van der Waals surface area contributed by atoms with Crippen LogP contribution in [0, 0.1) is 0 Å². The second kappa shape index (κ2) is 3.01. The number of esters is 1. The summed E-state index contributed by atoms with van der Waals surface area (Å²) < 4.78 is 4.89. The molecule has 1 unspecified atom stereocenters. The van der Waals surface area contributed by atoms with Gasteiger partial charge in [0.1, 0.15) is 0 Å². The van der Waals surface area contributed by atoms with Crippen LogP contribution in [0.5, 0.6) is 0 Å². The van der Waals surface area contributed by atoms with E-state index in [1.807, 2.05) is 30.3 Å². The third-order valence-electron chi connectivity index (χ3n) is 1.83. The van der Waals surface area contributed by atoms with Crippen LogP contribution in [0.2, 0.25) is 0 Å². The first-order valence-electron chi connectivity index (χ1n) is 4.11. The van der Waals surface area contributed by atoms with Gasteiger partial charge < -0.3 is 4.74 Å². The van der Waals surface area contributed by atoms with Crippen LogP contribution in [0.15, 0.2) is 35.3 Å². The molecular formula is C10H9NO2. The topological polar surface area (TPSA) is 38.7 Å². The first-order valence-corrected chi connectivity index (χ1v) is 4.11. The summed E-state index contributed by atoms with van der Waals surface area (Å²) in [6.45, 7) is 1.74. The molecule has 0 fully saturated rings. The fraction of sp³-hybridized carbons (Fsp3) is 0.200. The Hall–Kier alpha value is -1.64. The largest absolute Gasteiger partial charge is 0.435 e. The van der Waals surface area contributed by atoms with Gasteiger partial charge in [-0.05, 0) is 6.92 Å². The van der Waals surface area contributed by atoms with Gasteiger partial charge in [0.05, 0.1) is 0 Å². The molecule has 1 heterocycles. The van der Waals surface area contributed by atoms with E-state index in [1.54, 1.807) is 6.92 Å². The second-order valence-corrected chi connectivity index (χ2v) is 2.85. The molecule has 0 aromatic heterocycles. The summed E-state index contributed by atoms with van der Waals surface area (Å²) in [5.41, 5.74) is 1.24. The summed E-state index contributed by atoms with van der Waals surface area (Å²) in [4.78, 5) is 15.3. The molecule has 0 bridgehead atoms. The van der Waals surface area contributed by atoms with Gasteiger partial charge in [-0.2, -0.15) is 0 Å². The van der Waals surface area contributed by atoms with Crippen molar-refractivity contribution in [1.82, 2.24) is 0 Å². The van der Waals surface area contributed by atoms with Gasteiger partial charge in [-0.25, -0.2) is 9.79 Å². The maximum Gasteiger partial charge on any atom is 0.359 e. The third-order valence-corrected chi connectivity index (χ3v) is 1.83. The van der Waals surface area contributed by atoms with E-state index in [0.29, 0.717) is 5.71 Å². The van der Waals surface area contributed by atoms with E-state index in [9.17, 15) is 4.79 Å². The molecule has 3 heteroatoms. The molecule has 0 radical (unpaired) electrons. The SMILES string of the molecule is CC1N=C(c2ccccc2)C(=O)O1. The Bertz CT molecular complexity index is 356. The van der Waals surface area contributed by atoms with E-state index in [-0.39, 0.29) is 12.2 Å². The average Bonchev–Trinajstić information content (AvgIpc) is 2.47. The lowest BCUT2D eigenvalue weighted by molar-refractivity contribution is -0.136. The molecular weight excluding hydrogens is 166 g/mol. The van der Waals surface area contributed by atoms with E-state index in [1.165, 1.54) is 0 Å². The fourth-order valence-electron chi connectivity index (χ4n) is 1.26. The number of benzene rings is 1. The molecule has 1 aliphatic rings. The number of rotatable bonds is 1. The number of aliphatic imine (C=N–C) groups is 1. The van der Waals surface area contributed by atoms with Crippen molar-refractivity contribution in [3.05, 3.63) is 35.9 Å². The van der Waals surface area contributed by atoms with Crippen molar-refractivity contribution >= 4 is 11.7 Å². The zero-order chi connectivity index (χ0) is 9.26. The molecule has 66 valence electrons. The average molecular weight is 175 g/mol. The van der Waals surface area contributed by atoms with Crippen LogP contribution in [0.4, 0.5) is 0 Å². The van der Waals surface area contributed by atoms with E-state index >= 15 is 0 Å². The van der Waals surface area contributed by atoms with Crippen molar-refractivity contribution in [3.63, 3.8) is 0 Å². The van der Waals surface area contributed by atoms with Gasteiger partial charge in [0.15, 0.2) is 11.9 Å². The highest BCUT2D eigenvalue weighted by molar-refractivity contribution is 6.44. The van der Waals surface area contributed by atoms with E-state index in [2.05, 4.69) is 4.99 Å². The van der Waals surface area contributed by atoms with Crippen molar-refractivity contribution in [3.8, 4) is 0 Å². The molecule has 2 rings (SSSR count). The molecule has 0 saturated heterocycles. The van der Waals surface area contributed by atoms with Gasteiger partial charge in [0.25, 0.3) is 0 Å². The predicted molar refractivity (Wildman–Crippen MR) is 48.5 cm³/mol. The van der Waals surface area contributed by atoms with Crippen LogP contribution < -0.4 is 0 Å². The number of carbonyl (C=O) groups excluding carboxylic acids is 1. The van der Waals surface area contributed by atoms with Crippen LogP contribution in [-0.4, -0.2) is 17.9 Å².